The Morgan fingerprint density at radius 2 is 1.82 bits per heavy atom. The summed E-state index contributed by atoms with van der Waals surface area (Å²) in [4.78, 5) is 0. The lowest BCUT2D eigenvalue weighted by molar-refractivity contribution is 0.403. The minimum atomic E-state index is 0.940. The van der Waals surface area contributed by atoms with E-state index in [2.05, 4.69) is 20.8 Å². The highest BCUT2D eigenvalue weighted by atomic mass is 14.1. The van der Waals surface area contributed by atoms with Crippen LogP contribution in [0.1, 0.15) is 33.6 Å². The molecular weight excluding hydrogens is 131 g/mol. The number of rotatable bonds is 4. The van der Waals surface area contributed by atoms with Crippen LogP contribution in [-0.2, 0) is 0 Å². The maximum Gasteiger partial charge on any atom is 0.140 e. The van der Waals surface area contributed by atoms with E-state index in [1.165, 1.54) is 31.8 Å². The first-order chi connectivity index (χ1) is 5.24. The second-order valence-electron chi connectivity index (χ2n) is 4.40. The van der Waals surface area contributed by atoms with Crippen molar-refractivity contribution in [3.05, 3.63) is 0 Å². The molecule has 0 N–H and O–H groups in total. The van der Waals surface area contributed by atoms with Gasteiger partial charge in [-0.25, -0.2) is 0 Å². The molecule has 0 amide bonds. The SMILES string of the molecule is CCC(C)C(C)CB1CCC1. The Hall–Kier alpha value is 0.0649. The Morgan fingerprint density at radius 3 is 2.18 bits per heavy atom. The third-order valence-electron chi connectivity index (χ3n) is 3.55. The zero-order chi connectivity index (χ0) is 8.27. The van der Waals surface area contributed by atoms with E-state index in [0.717, 1.165) is 18.5 Å². The van der Waals surface area contributed by atoms with Gasteiger partial charge in [-0.15, -0.1) is 0 Å². The average Bonchev–Trinajstić information content (AvgIpc) is 1.94. The molecule has 1 heteroatoms. The molecule has 0 aromatic rings. The molecule has 0 nitrogen and oxygen atoms in total. The summed E-state index contributed by atoms with van der Waals surface area (Å²) in [5.74, 6) is 1.90. The smallest absolute Gasteiger partial charge is 0.0748 e. The molecule has 0 aromatic heterocycles. The summed E-state index contributed by atoms with van der Waals surface area (Å²) in [7, 11) is 0. The van der Waals surface area contributed by atoms with Gasteiger partial charge in [0.25, 0.3) is 0 Å². The lowest BCUT2D eigenvalue weighted by atomic mass is 9.32. The van der Waals surface area contributed by atoms with Crippen molar-refractivity contribution in [3.63, 3.8) is 0 Å². The van der Waals surface area contributed by atoms with Gasteiger partial charge >= 0.3 is 0 Å². The first kappa shape index (κ1) is 9.16. The number of hydrogen-bond donors (Lipinski definition) is 0. The Morgan fingerprint density at radius 1 is 1.18 bits per heavy atom. The molecule has 11 heavy (non-hydrogen) atoms. The van der Waals surface area contributed by atoms with E-state index in [-0.39, 0.29) is 0 Å². The molecule has 0 aliphatic carbocycles. The predicted molar refractivity (Wildman–Crippen MR) is 53.4 cm³/mol. The van der Waals surface area contributed by atoms with Gasteiger partial charge in [0.1, 0.15) is 6.71 Å². The second kappa shape index (κ2) is 4.18. The summed E-state index contributed by atoms with van der Waals surface area (Å²) in [5, 5.41) is 0. The van der Waals surface area contributed by atoms with Crippen molar-refractivity contribution in [3.8, 4) is 0 Å². The lowest BCUT2D eigenvalue weighted by Crippen LogP contribution is -2.25. The van der Waals surface area contributed by atoms with Gasteiger partial charge in [-0.3, -0.25) is 0 Å². The van der Waals surface area contributed by atoms with E-state index in [1.807, 2.05) is 0 Å². The van der Waals surface area contributed by atoms with Crippen LogP contribution in [0.15, 0.2) is 0 Å². The van der Waals surface area contributed by atoms with Gasteiger partial charge in [0, 0.05) is 0 Å². The van der Waals surface area contributed by atoms with Crippen molar-refractivity contribution >= 4 is 6.71 Å². The van der Waals surface area contributed by atoms with Gasteiger partial charge in [-0.2, -0.15) is 0 Å². The largest absolute Gasteiger partial charge is 0.140 e. The van der Waals surface area contributed by atoms with Crippen molar-refractivity contribution in [1.82, 2.24) is 0 Å². The van der Waals surface area contributed by atoms with Gasteiger partial charge in [-0.1, -0.05) is 52.6 Å². The Balaban J connectivity index is 2.13. The Labute approximate surface area is 71.8 Å². The summed E-state index contributed by atoms with van der Waals surface area (Å²) < 4.78 is 0. The summed E-state index contributed by atoms with van der Waals surface area (Å²) in [6, 6.07) is 0. The van der Waals surface area contributed by atoms with Gasteiger partial charge in [0.15, 0.2) is 0 Å². The van der Waals surface area contributed by atoms with Crippen LogP contribution < -0.4 is 0 Å². The molecule has 1 aliphatic heterocycles. The van der Waals surface area contributed by atoms with Crippen LogP contribution in [-0.4, -0.2) is 6.71 Å². The van der Waals surface area contributed by atoms with E-state index >= 15 is 0 Å². The fraction of sp³-hybridized carbons (Fsp3) is 1.00. The monoisotopic (exact) mass is 152 g/mol. The summed E-state index contributed by atoms with van der Waals surface area (Å²) in [5.41, 5.74) is 0. The van der Waals surface area contributed by atoms with E-state index in [1.54, 1.807) is 0 Å². The molecule has 1 saturated heterocycles. The number of hydrogen-bond acceptors (Lipinski definition) is 0. The van der Waals surface area contributed by atoms with Crippen LogP contribution in [0.5, 0.6) is 0 Å². The molecule has 1 heterocycles. The molecule has 2 unspecified atom stereocenters. The molecular formula is C10H21B. The van der Waals surface area contributed by atoms with Crippen molar-refractivity contribution in [2.75, 3.05) is 0 Å². The van der Waals surface area contributed by atoms with Gasteiger partial charge < -0.3 is 0 Å². The highest BCUT2D eigenvalue weighted by Crippen LogP contribution is 2.30. The molecule has 2 atom stereocenters. The van der Waals surface area contributed by atoms with Crippen LogP contribution in [0, 0.1) is 11.8 Å². The quantitative estimate of drug-likeness (QED) is 0.540. The predicted octanol–water partition coefficient (Wildman–Crippen LogP) is 3.57. The third-order valence-corrected chi connectivity index (χ3v) is 3.55. The van der Waals surface area contributed by atoms with Gasteiger partial charge in [-0.05, 0) is 11.8 Å². The van der Waals surface area contributed by atoms with Gasteiger partial charge in [0.05, 0.1) is 0 Å². The van der Waals surface area contributed by atoms with Crippen LogP contribution in [0.3, 0.4) is 0 Å². The fourth-order valence-corrected chi connectivity index (χ4v) is 1.89. The van der Waals surface area contributed by atoms with Crippen molar-refractivity contribution in [2.24, 2.45) is 11.8 Å². The average molecular weight is 152 g/mol. The van der Waals surface area contributed by atoms with Crippen molar-refractivity contribution < 1.29 is 0 Å². The first-order valence-corrected chi connectivity index (χ1v) is 5.24. The highest BCUT2D eigenvalue weighted by Gasteiger charge is 2.25. The van der Waals surface area contributed by atoms with Gasteiger partial charge in [0.2, 0.25) is 0 Å². The first-order valence-electron chi connectivity index (χ1n) is 5.24. The molecule has 0 spiro atoms. The normalized spacial score (nSPS) is 22.6. The van der Waals surface area contributed by atoms with E-state index < -0.39 is 0 Å². The summed E-state index contributed by atoms with van der Waals surface area (Å²) in [6.07, 6.45) is 7.38. The van der Waals surface area contributed by atoms with Crippen LogP contribution in [0.4, 0.5) is 0 Å². The van der Waals surface area contributed by atoms with Crippen LogP contribution in [0.25, 0.3) is 0 Å². The summed E-state index contributed by atoms with van der Waals surface area (Å²) in [6.45, 7) is 8.22. The molecule has 1 rings (SSSR count). The Kier molecular flexibility index (Phi) is 3.48. The maximum absolute atomic E-state index is 2.42. The second-order valence-corrected chi connectivity index (χ2v) is 4.40. The minimum absolute atomic E-state index is 0.940. The highest BCUT2D eigenvalue weighted by molar-refractivity contribution is 6.61. The van der Waals surface area contributed by atoms with E-state index in [0.29, 0.717) is 0 Å². The fourth-order valence-electron chi connectivity index (χ4n) is 1.89. The molecule has 0 aromatic carbocycles. The topological polar surface area (TPSA) is 0 Å². The van der Waals surface area contributed by atoms with Crippen molar-refractivity contribution in [1.29, 1.82) is 0 Å². The zero-order valence-electron chi connectivity index (χ0n) is 8.27. The molecule has 0 bridgehead atoms. The molecule has 1 fully saturated rings. The van der Waals surface area contributed by atoms with Crippen LogP contribution in [0.2, 0.25) is 19.0 Å². The van der Waals surface area contributed by atoms with E-state index in [4.69, 9.17) is 0 Å². The molecule has 0 radical (unpaired) electrons. The molecule has 64 valence electrons. The van der Waals surface area contributed by atoms with Crippen molar-refractivity contribution in [2.45, 2.75) is 52.6 Å². The molecule has 1 aliphatic rings. The minimum Gasteiger partial charge on any atom is -0.0748 e. The van der Waals surface area contributed by atoms with Crippen LogP contribution >= 0.6 is 0 Å². The summed E-state index contributed by atoms with van der Waals surface area (Å²) >= 11 is 0. The van der Waals surface area contributed by atoms with E-state index in [9.17, 15) is 0 Å². The Bertz CT molecular complexity index is 107. The third kappa shape index (κ3) is 2.54. The molecule has 0 saturated carbocycles. The maximum atomic E-state index is 2.42. The lowest BCUT2D eigenvalue weighted by Gasteiger charge is -2.27. The standard InChI is InChI=1S/C10H21B/c1-4-9(2)10(3)8-11-6-5-7-11/h9-10H,4-8H2,1-3H3. The zero-order valence-corrected chi connectivity index (χ0v) is 8.27.